The van der Waals surface area contributed by atoms with Gasteiger partial charge in [0.2, 0.25) is 0 Å². The van der Waals surface area contributed by atoms with Crippen molar-refractivity contribution in [3.8, 4) is 11.4 Å². The van der Waals surface area contributed by atoms with E-state index in [9.17, 15) is 4.79 Å². The van der Waals surface area contributed by atoms with Crippen molar-refractivity contribution in [1.29, 1.82) is 0 Å². The van der Waals surface area contributed by atoms with E-state index in [1.54, 1.807) is 24.1 Å². The van der Waals surface area contributed by atoms with Gasteiger partial charge in [0.25, 0.3) is 5.91 Å². The fraction of sp³-hybridized carbons (Fsp3) is 0.0870. The number of amides is 1. The molecule has 9 heteroatoms. The summed E-state index contributed by atoms with van der Waals surface area (Å²) in [5, 5.41) is 11.9. The maximum atomic E-state index is 13.7. The maximum absolute atomic E-state index is 13.7. The normalized spacial score (nSPS) is 10.9. The molecule has 3 aromatic carbocycles. The summed E-state index contributed by atoms with van der Waals surface area (Å²) >= 11 is 1.46. The number of thiazole rings is 1. The van der Waals surface area contributed by atoms with Crippen molar-refractivity contribution in [3.05, 3.63) is 90.3 Å². The lowest BCUT2D eigenvalue weighted by molar-refractivity contribution is 0.0985. The number of ether oxygens (including phenoxy) is 1. The van der Waals surface area contributed by atoms with E-state index in [0.717, 1.165) is 21.5 Å². The second-order valence-corrected chi connectivity index (χ2v) is 8.02. The minimum absolute atomic E-state index is 0.158. The predicted molar refractivity (Wildman–Crippen MR) is 122 cm³/mol. The number of rotatable bonds is 6. The molecule has 0 saturated heterocycles. The molecule has 2 heterocycles. The van der Waals surface area contributed by atoms with Gasteiger partial charge in [-0.15, -0.1) is 5.10 Å². The summed E-state index contributed by atoms with van der Waals surface area (Å²) in [6.07, 6.45) is 1.49. The first-order valence-electron chi connectivity index (χ1n) is 9.85. The minimum Gasteiger partial charge on any atom is -0.497 e. The molecule has 0 saturated carbocycles. The number of carbonyl (C=O) groups excluding carboxylic acids is 1. The average Bonchev–Trinajstić information content (AvgIpc) is 3.52. The van der Waals surface area contributed by atoms with Crippen molar-refractivity contribution in [2.24, 2.45) is 0 Å². The van der Waals surface area contributed by atoms with Crippen LogP contribution in [0.3, 0.4) is 0 Å². The number of hydrogen-bond donors (Lipinski definition) is 0. The summed E-state index contributed by atoms with van der Waals surface area (Å²) in [7, 11) is 1.63. The molecule has 2 aromatic heterocycles. The van der Waals surface area contributed by atoms with Gasteiger partial charge >= 0.3 is 0 Å². The lowest BCUT2D eigenvalue weighted by Gasteiger charge is -2.20. The van der Waals surface area contributed by atoms with Crippen molar-refractivity contribution >= 4 is 32.6 Å². The number of aromatic nitrogens is 5. The lowest BCUT2D eigenvalue weighted by Crippen LogP contribution is -2.30. The third-order valence-corrected chi connectivity index (χ3v) is 5.99. The van der Waals surface area contributed by atoms with E-state index in [2.05, 4.69) is 15.5 Å². The molecule has 0 radical (unpaired) electrons. The first kappa shape index (κ1) is 19.8. The first-order valence-corrected chi connectivity index (χ1v) is 10.7. The van der Waals surface area contributed by atoms with Gasteiger partial charge in [0.15, 0.2) is 5.13 Å². The molecule has 5 rings (SSSR count). The molecule has 1 amide bonds. The number of tetrazole rings is 1. The first-order chi connectivity index (χ1) is 15.7. The van der Waals surface area contributed by atoms with Gasteiger partial charge in [-0.05, 0) is 52.4 Å². The number of methoxy groups -OCH3 is 1. The van der Waals surface area contributed by atoms with Crippen molar-refractivity contribution in [3.63, 3.8) is 0 Å². The van der Waals surface area contributed by atoms with Gasteiger partial charge in [-0.1, -0.05) is 47.7 Å². The van der Waals surface area contributed by atoms with Crippen LogP contribution in [0.1, 0.15) is 15.9 Å². The molecule has 0 fully saturated rings. The number of nitrogens with zero attached hydrogens (tertiary/aromatic N) is 6. The fourth-order valence-corrected chi connectivity index (χ4v) is 4.34. The van der Waals surface area contributed by atoms with E-state index < -0.39 is 0 Å². The van der Waals surface area contributed by atoms with Gasteiger partial charge in [0, 0.05) is 5.56 Å². The summed E-state index contributed by atoms with van der Waals surface area (Å²) in [6.45, 7) is 0.395. The highest BCUT2D eigenvalue weighted by Gasteiger charge is 2.22. The Kier molecular flexibility index (Phi) is 5.30. The molecule has 158 valence electrons. The molecule has 0 aliphatic rings. The Balaban J connectivity index is 1.56. The summed E-state index contributed by atoms with van der Waals surface area (Å²) in [4.78, 5) is 20.1. The third kappa shape index (κ3) is 3.93. The van der Waals surface area contributed by atoms with Gasteiger partial charge in [-0.3, -0.25) is 9.69 Å². The zero-order chi connectivity index (χ0) is 21.9. The Bertz CT molecular complexity index is 1370. The molecule has 32 heavy (non-hydrogen) atoms. The number of anilines is 1. The molecule has 0 aliphatic carbocycles. The van der Waals surface area contributed by atoms with Gasteiger partial charge < -0.3 is 4.74 Å². The molecule has 0 N–H and O–H groups in total. The highest BCUT2D eigenvalue weighted by molar-refractivity contribution is 7.22. The third-order valence-electron chi connectivity index (χ3n) is 4.95. The smallest absolute Gasteiger partial charge is 0.260 e. The van der Waals surface area contributed by atoms with E-state index in [4.69, 9.17) is 9.72 Å². The summed E-state index contributed by atoms with van der Waals surface area (Å²) in [5.41, 5.74) is 3.05. The molecule has 0 aliphatic heterocycles. The fourth-order valence-electron chi connectivity index (χ4n) is 3.34. The second-order valence-electron chi connectivity index (χ2n) is 7.01. The van der Waals surface area contributed by atoms with Gasteiger partial charge in [-0.2, -0.15) is 0 Å². The topological polar surface area (TPSA) is 86.0 Å². The monoisotopic (exact) mass is 442 g/mol. The van der Waals surface area contributed by atoms with Crippen LogP contribution in [0.15, 0.2) is 79.1 Å². The quantitative estimate of drug-likeness (QED) is 0.393. The second kappa shape index (κ2) is 8.56. The summed E-state index contributed by atoms with van der Waals surface area (Å²) < 4.78 is 7.80. The largest absolute Gasteiger partial charge is 0.497 e. The van der Waals surface area contributed by atoms with Crippen LogP contribution >= 0.6 is 11.3 Å². The standard InChI is InChI=1S/C23H18N6O2S/c1-31-19-10-11-20-21(13-19)32-23(25-20)28(14-16-6-3-2-4-7-16)22(30)17-8-5-9-18(12-17)29-15-24-26-27-29/h2-13,15H,14H2,1H3. The van der Waals surface area contributed by atoms with Crippen molar-refractivity contribution in [2.45, 2.75) is 6.54 Å². The number of fused-ring (bicyclic) bond motifs is 1. The zero-order valence-electron chi connectivity index (χ0n) is 17.1. The SMILES string of the molecule is COc1ccc2nc(N(Cc3ccccc3)C(=O)c3cccc(-n4cnnn4)c3)sc2c1. The van der Waals surface area contributed by atoms with Crippen LogP contribution in [0.5, 0.6) is 5.75 Å². The van der Waals surface area contributed by atoms with Crippen LogP contribution in [-0.2, 0) is 6.54 Å². The van der Waals surface area contributed by atoms with E-state index in [-0.39, 0.29) is 5.91 Å². The molecular weight excluding hydrogens is 424 g/mol. The summed E-state index contributed by atoms with van der Waals surface area (Å²) in [6, 6.07) is 22.8. The number of carbonyl (C=O) groups is 1. The molecular formula is C23H18N6O2S. The Labute approximate surface area is 187 Å². The molecule has 0 atom stereocenters. The van der Waals surface area contributed by atoms with E-state index in [1.165, 1.54) is 22.3 Å². The van der Waals surface area contributed by atoms with Crippen molar-refractivity contribution in [2.75, 3.05) is 12.0 Å². The molecule has 0 spiro atoms. The van der Waals surface area contributed by atoms with Crippen LogP contribution in [-0.4, -0.2) is 38.2 Å². The lowest BCUT2D eigenvalue weighted by atomic mass is 10.1. The van der Waals surface area contributed by atoms with Crippen LogP contribution < -0.4 is 9.64 Å². The maximum Gasteiger partial charge on any atom is 0.260 e. The Morgan fingerprint density at radius 1 is 1.06 bits per heavy atom. The number of benzene rings is 3. The molecule has 0 bridgehead atoms. The van der Waals surface area contributed by atoms with E-state index >= 15 is 0 Å². The van der Waals surface area contributed by atoms with Gasteiger partial charge in [0.1, 0.15) is 12.1 Å². The highest BCUT2D eigenvalue weighted by Crippen LogP contribution is 2.33. The molecule has 8 nitrogen and oxygen atoms in total. The highest BCUT2D eigenvalue weighted by atomic mass is 32.1. The minimum atomic E-state index is -0.158. The van der Waals surface area contributed by atoms with E-state index in [1.807, 2.05) is 60.7 Å². The van der Waals surface area contributed by atoms with E-state index in [0.29, 0.717) is 22.9 Å². The Hall–Kier alpha value is -4.11. The Morgan fingerprint density at radius 2 is 1.94 bits per heavy atom. The molecule has 0 unspecified atom stereocenters. The van der Waals surface area contributed by atoms with Crippen LogP contribution in [0, 0.1) is 0 Å². The Morgan fingerprint density at radius 3 is 2.72 bits per heavy atom. The van der Waals surface area contributed by atoms with Crippen LogP contribution in [0.4, 0.5) is 5.13 Å². The summed E-state index contributed by atoms with van der Waals surface area (Å²) in [5.74, 6) is 0.595. The molecule has 5 aromatic rings. The average molecular weight is 443 g/mol. The zero-order valence-corrected chi connectivity index (χ0v) is 17.9. The van der Waals surface area contributed by atoms with Crippen molar-refractivity contribution < 1.29 is 9.53 Å². The van der Waals surface area contributed by atoms with Crippen molar-refractivity contribution in [1.82, 2.24) is 25.2 Å². The van der Waals surface area contributed by atoms with Crippen LogP contribution in [0.25, 0.3) is 15.9 Å². The van der Waals surface area contributed by atoms with Gasteiger partial charge in [0.05, 0.1) is 29.6 Å². The van der Waals surface area contributed by atoms with Crippen LogP contribution in [0.2, 0.25) is 0 Å². The van der Waals surface area contributed by atoms with Gasteiger partial charge in [-0.25, -0.2) is 9.67 Å². The predicted octanol–water partition coefficient (Wildman–Crippen LogP) is 4.13. The number of hydrogen-bond acceptors (Lipinski definition) is 7.